The van der Waals surface area contributed by atoms with Gasteiger partial charge >= 0.3 is 0 Å². The lowest BCUT2D eigenvalue weighted by Crippen LogP contribution is -2.48. The van der Waals surface area contributed by atoms with E-state index in [2.05, 4.69) is 15.9 Å². The number of benzene rings is 1. The number of hydrogen-bond donors (Lipinski definition) is 1. The molecule has 4 heteroatoms. The molecule has 1 aromatic rings. The van der Waals surface area contributed by atoms with Crippen LogP contribution in [0.4, 0.5) is 5.69 Å². The van der Waals surface area contributed by atoms with E-state index in [1.807, 2.05) is 25.1 Å². The van der Waals surface area contributed by atoms with Gasteiger partial charge in [-0.3, -0.25) is 4.90 Å². The summed E-state index contributed by atoms with van der Waals surface area (Å²) >= 11 is 6.18. The first-order chi connectivity index (χ1) is 8.16. The zero-order valence-corrected chi connectivity index (χ0v) is 10.9. The molecular weight excluding hydrogens is 236 g/mol. The number of anilines is 1. The van der Waals surface area contributed by atoms with E-state index in [9.17, 15) is 5.11 Å². The van der Waals surface area contributed by atoms with Gasteiger partial charge in [0.2, 0.25) is 0 Å². The maximum Gasteiger partial charge on any atom is 0.0639 e. The van der Waals surface area contributed by atoms with E-state index >= 15 is 0 Å². The molecule has 0 radical (unpaired) electrons. The maximum atomic E-state index is 9.36. The first kappa shape index (κ1) is 12.7. The lowest BCUT2D eigenvalue weighted by Gasteiger charge is -2.36. The Morgan fingerprint density at radius 3 is 2.47 bits per heavy atom. The van der Waals surface area contributed by atoms with Crippen molar-refractivity contribution in [3.8, 4) is 0 Å². The summed E-state index contributed by atoms with van der Waals surface area (Å²) in [5.74, 6) is 0. The predicted octanol–water partition coefficient (Wildman–Crippen LogP) is 1.84. The predicted molar refractivity (Wildman–Crippen MR) is 71.8 cm³/mol. The van der Waals surface area contributed by atoms with Gasteiger partial charge in [0.25, 0.3) is 0 Å². The van der Waals surface area contributed by atoms with Gasteiger partial charge in [-0.05, 0) is 19.1 Å². The van der Waals surface area contributed by atoms with E-state index in [1.54, 1.807) is 0 Å². The van der Waals surface area contributed by atoms with E-state index in [-0.39, 0.29) is 6.10 Å². The third kappa shape index (κ3) is 3.35. The van der Waals surface area contributed by atoms with Gasteiger partial charge in [0.1, 0.15) is 0 Å². The first-order valence-electron chi connectivity index (χ1n) is 6.06. The van der Waals surface area contributed by atoms with Gasteiger partial charge in [-0.2, -0.15) is 0 Å². The minimum absolute atomic E-state index is 0.248. The summed E-state index contributed by atoms with van der Waals surface area (Å²) in [5.41, 5.74) is 1.12. The van der Waals surface area contributed by atoms with Crippen molar-refractivity contribution in [2.45, 2.75) is 13.0 Å². The second kappa shape index (κ2) is 5.71. The topological polar surface area (TPSA) is 26.7 Å². The summed E-state index contributed by atoms with van der Waals surface area (Å²) in [6.07, 6.45) is -0.248. The zero-order chi connectivity index (χ0) is 12.3. The molecule has 1 fully saturated rings. The first-order valence-corrected chi connectivity index (χ1v) is 6.44. The molecule has 1 N–H and O–H groups in total. The highest BCUT2D eigenvalue weighted by Gasteiger charge is 2.19. The molecule has 0 spiro atoms. The summed E-state index contributed by atoms with van der Waals surface area (Å²) in [7, 11) is 0. The third-order valence-electron chi connectivity index (χ3n) is 3.09. The summed E-state index contributed by atoms with van der Waals surface area (Å²) in [6, 6.07) is 7.96. The van der Waals surface area contributed by atoms with Gasteiger partial charge in [0.05, 0.1) is 16.8 Å². The molecule has 0 amide bonds. The van der Waals surface area contributed by atoms with Crippen LogP contribution in [0.25, 0.3) is 0 Å². The van der Waals surface area contributed by atoms with Gasteiger partial charge in [-0.25, -0.2) is 0 Å². The standard InChI is InChI=1S/C13H19ClN2O/c1-11(17)10-15-6-8-16(9-7-15)13-5-3-2-4-12(13)14/h2-5,11,17H,6-10H2,1H3. The molecule has 1 heterocycles. The van der Waals surface area contributed by atoms with E-state index in [0.717, 1.165) is 43.4 Å². The molecule has 1 aliphatic heterocycles. The molecule has 0 bridgehead atoms. The molecule has 94 valence electrons. The van der Waals surface area contributed by atoms with Crippen molar-refractivity contribution in [2.75, 3.05) is 37.6 Å². The summed E-state index contributed by atoms with van der Waals surface area (Å²) in [5, 5.41) is 10.2. The molecule has 0 aliphatic carbocycles. The van der Waals surface area contributed by atoms with Crippen LogP contribution in [0.5, 0.6) is 0 Å². The molecule has 1 aliphatic rings. The Bertz CT molecular complexity index is 362. The van der Waals surface area contributed by atoms with Gasteiger partial charge in [-0.15, -0.1) is 0 Å². The number of aliphatic hydroxyl groups is 1. The van der Waals surface area contributed by atoms with Crippen LogP contribution in [0, 0.1) is 0 Å². The molecule has 1 aromatic carbocycles. The molecule has 0 aromatic heterocycles. The van der Waals surface area contributed by atoms with Crippen LogP contribution in [0.2, 0.25) is 5.02 Å². The number of hydrogen-bond acceptors (Lipinski definition) is 3. The van der Waals surface area contributed by atoms with Crippen LogP contribution in [0.1, 0.15) is 6.92 Å². The van der Waals surface area contributed by atoms with Gasteiger partial charge in [0, 0.05) is 32.7 Å². The lowest BCUT2D eigenvalue weighted by molar-refractivity contribution is 0.123. The molecular formula is C13H19ClN2O. The molecule has 1 unspecified atom stereocenters. The molecule has 1 saturated heterocycles. The molecule has 3 nitrogen and oxygen atoms in total. The third-order valence-corrected chi connectivity index (χ3v) is 3.41. The minimum atomic E-state index is -0.248. The smallest absolute Gasteiger partial charge is 0.0639 e. The van der Waals surface area contributed by atoms with Crippen molar-refractivity contribution in [3.05, 3.63) is 29.3 Å². The van der Waals surface area contributed by atoms with Crippen LogP contribution < -0.4 is 4.90 Å². The number of β-amino-alcohol motifs (C(OH)–C–C–N with tert-alkyl or cyclic N) is 1. The lowest BCUT2D eigenvalue weighted by atomic mass is 10.2. The number of para-hydroxylation sites is 1. The average molecular weight is 255 g/mol. The Morgan fingerprint density at radius 1 is 1.24 bits per heavy atom. The average Bonchev–Trinajstić information content (AvgIpc) is 2.30. The van der Waals surface area contributed by atoms with E-state index in [1.165, 1.54) is 0 Å². The number of piperazine rings is 1. The molecule has 17 heavy (non-hydrogen) atoms. The number of aliphatic hydroxyl groups excluding tert-OH is 1. The molecule has 0 saturated carbocycles. The van der Waals surface area contributed by atoms with Crippen LogP contribution in [0.15, 0.2) is 24.3 Å². The fraction of sp³-hybridized carbons (Fsp3) is 0.538. The maximum absolute atomic E-state index is 9.36. The number of nitrogens with zero attached hydrogens (tertiary/aromatic N) is 2. The fourth-order valence-electron chi connectivity index (χ4n) is 2.25. The molecule has 2 rings (SSSR count). The Labute approximate surface area is 108 Å². The Balaban J connectivity index is 1.93. The minimum Gasteiger partial charge on any atom is -0.392 e. The normalized spacial score (nSPS) is 19.4. The van der Waals surface area contributed by atoms with Gasteiger partial charge in [0.15, 0.2) is 0 Å². The Hall–Kier alpha value is -0.770. The molecule has 1 atom stereocenters. The van der Waals surface area contributed by atoms with Crippen LogP contribution in [0.3, 0.4) is 0 Å². The van der Waals surface area contributed by atoms with Crippen molar-refractivity contribution in [3.63, 3.8) is 0 Å². The van der Waals surface area contributed by atoms with Gasteiger partial charge < -0.3 is 10.0 Å². The largest absolute Gasteiger partial charge is 0.392 e. The van der Waals surface area contributed by atoms with Crippen LogP contribution >= 0.6 is 11.6 Å². The Morgan fingerprint density at radius 2 is 1.88 bits per heavy atom. The van der Waals surface area contributed by atoms with Crippen molar-refractivity contribution in [1.29, 1.82) is 0 Å². The van der Waals surface area contributed by atoms with E-state index in [0.29, 0.717) is 0 Å². The van der Waals surface area contributed by atoms with E-state index < -0.39 is 0 Å². The van der Waals surface area contributed by atoms with Crippen molar-refractivity contribution in [1.82, 2.24) is 4.90 Å². The zero-order valence-electron chi connectivity index (χ0n) is 10.1. The quantitative estimate of drug-likeness (QED) is 0.892. The van der Waals surface area contributed by atoms with E-state index in [4.69, 9.17) is 11.6 Å². The summed E-state index contributed by atoms with van der Waals surface area (Å²) < 4.78 is 0. The highest BCUT2D eigenvalue weighted by molar-refractivity contribution is 6.33. The number of rotatable bonds is 3. The Kier molecular flexibility index (Phi) is 4.26. The van der Waals surface area contributed by atoms with Crippen molar-refractivity contribution < 1.29 is 5.11 Å². The second-order valence-electron chi connectivity index (χ2n) is 4.59. The van der Waals surface area contributed by atoms with Crippen LogP contribution in [-0.2, 0) is 0 Å². The highest BCUT2D eigenvalue weighted by atomic mass is 35.5. The number of halogens is 1. The summed E-state index contributed by atoms with van der Waals surface area (Å²) in [6.45, 7) is 6.50. The highest BCUT2D eigenvalue weighted by Crippen LogP contribution is 2.25. The van der Waals surface area contributed by atoms with Crippen molar-refractivity contribution >= 4 is 17.3 Å². The summed E-state index contributed by atoms with van der Waals surface area (Å²) in [4.78, 5) is 4.60. The monoisotopic (exact) mass is 254 g/mol. The van der Waals surface area contributed by atoms with Crippen molar-refractivity contribution in [2.24, 2.45) is 0 Å². The second-order valence-corrected chi connectivity index (χ2v) is 5.00. The van der Waals surface area contributed by atoms with Gasteiger partial charge in [-0.1, -0.05) is 23.7 Å². The SMILES string of the molecule is CC(O)CN1CCN(c2ccccc2Cl)CC1. The van der Waals surface area contributed by atoms with Crippen LogP contribution in [-0.4, -0.2) is 48.8 Å². The fourth-order valence-corrected chi connectivity index (χ4v) is 2.51.